The largest absolute Gasteiger partial charge is 0.297 e. The molecule has 0 bridgehead atoms. The minimum atomic E-state index is -0.0352. The van der Waals surface area contributed by atoms with Crippen LogP contribution in [0.3, 0.4) is 0 Å². The first-order valence-corrected chi connectivity index (χ1v) is 9.96. The first kappa shape index (κ1) is 16.9. The second-order valence-electron chi connectivity index (χ2n) is 8.49. The summed E-state index contributed by atoms with van der Waals surface area (Å²) in [4.78, 5) is 20.5. The molecule has 0 radical (unpaired) electrons. The summed E-state index contributed by atoms with van der Waals surface area (Å²) in [6.45, 7) is 10.1. The molecule has 1 saturated carbocycles. The molecule has 0 atom stereocenters. The quantitative estimate of drug-likeness (QED) is 0.824. The molecule has 2 fully saturated rings. The molecular weight excluding hydrogens is 332 g/mol. The zero-order valence-electron chi connectivity index (χ0n) is 15.2. The highest BCUT2D eigenvalue weighted by Crippen LogP contribution is 2.42. The summed E-state index contributed by atoms with van der Waals surface area (Å²) in [6.07, 6.45) is 4.67. The van der Waals surface area contributed by atoms with Gasteiger partial charge in [0, 0.05) is 54.0 Å². The van der Waals surface area contributed by atoms with Crippen LogP contribution >= 0.6 is 11.3 Å². The van der Waals surface area contributed by atoms with Gasteiger partial charge < -0.3 is 0 Å². The number of nitrogens with zero attached hydrogens (tertiary/aromatic N) is 4. The lowest BCUT2D eigenvalue weighted by Gasteiger charge is -2.39. The highest BCUT2D eigenvalue weighted by atomic mass is 32.1. The average molecular weight is 359 g/mol. The Morgan fingerprint density at radius 2 is 2.00 bits per heavy atom. The highest BCUT2D eigenvalue weighted by molar-refractivity contribution is 7.11. The maximum Gasteiger partial charge on any atom is 0.266 e. The van der Waals surface area contributed by atoms with Gasteiger partial charge in [0.05, 0.1) is 17.2 Å². The molecule has 0 N–H and O–H groups in total. The summed E-state index contributed by atoms with van der Waals surface area (Å²) in [7, 11) is 0. The van der Waals surface area contributed by atoms with E-state index in [1.807, 2.05) is 23.6 Å². The van der Waals surface area contributed by atoms with E-state index in [1.54, 1.807) is 10.7 Å². The molecule has 4 rings (SSSR count). The third-order valence-corrected chi connectivity index (χ3v) is 6.12. The summed E-state index contributed by atoms with van der Waals surface area (Å²) < 4.78 is 1.65. The first-order valence-electron chi connectivity index (χ1n) is 9.14. The summed E-state index contributed by atoms with van der Waals surface area (Å²) in [6, 6.07) is 3.51. The van der Waals surface area contributed by atoms with Gasteiger partial charge in [0.1, 0.15) is 0 Å². The summed E-state index contributed by atoms with van der Waals surface area (Å²) >= 11 is 1.87. The van der Waals surface area contributed by atoms with Crippen molar-refractivity contribution in [2.75, 3.05) is 13.1 Å². The van der Waals surface area contributed by atoms with E-state index in [1.165, 1.54) is 22.7 Å². The predicted molar refractivity (Wildman–Crippen MR) is 100 cm³/mol. The van der Waals surface area contributed by atoms with E-state index >= 15 is 0 Å². The van der Waals surface area contributed by atoms with Gasteiger partial charge in [0.2, 0.25) is 0 Å². The Morgan fingerprint density at radius 1 is 1.24 bits per heavy atom. The Kier molecular flexibility index (Phi) is 4.28. The van der Waals surface area contributed by atoms with Gasteiger partial charge >= 0.3 is 0 Å². The lowest BCUT2D eigenvalue weighted by Crippen LogP contribution is -2.48. The Morgan fingerprint density at radius 3 is 2.68 bits per heavy atom. The molecule has 1 aliphatic carbocycles. The molecule has 3 heterocycles. The third-order valence-electron chi connectivity index (χ3n) is 4.98. The Balaban J connectivity index is 1.32. The monoisotopic (exact) mass is 358 g/mol. The molecule has 1 saturated heterocycles. The highest BCUT2D eigenvalue weighted by Gasteiger charge is 2.30. The second-order valence-corrected chi connectivity index (χ2v) is 9.63. The first-order chi connectivity index (χ1) is 11.9. The number of likely N-dealkylation sites (tertiary alicyclic amines) is 1. The third kappa shape index (κ3) is 3.85. The minimum absolute atomic E-state index is 0.00276. The van der Waals surface area contributed by atoms with Gasteiger partial charge in [-0.15, -0.1) is 11.3 Å². The molecule has 25 heavy (non-hydrogen) atoms. The van der Waals surface area contributed by atoms with Crippen molar-refractivity contribution in [3.05, 3.63) is 44.3 Å². The maximum absolute atomic E-state index is 12.1. The van der Waals surface area contributed by atoms with Gasteiger partial charge in [0.25, 0.3) is 5.56 Å². The van der Waals surface area contributed by atoms with E-state index in [2.05, 4.69) is 35.8 Å². The minimum Gasteiger partial charge on any atom is -0.297 e. The number of aromatic nitrogens is 3. The topological polar surface area (TPSA) is 51.0 Å². The molecule has 1 aliphatic heterocycles. The summed E-state index contributed by atoms with van der Waals surface area (Å²) in [5.41, 5.74) is 0.940. The molecule has 6 heteroatoms. The van der Waals surface area contributed by atoms with Crippen LogP contribution in [-0.4, -0.2) is 32.8 Å². The van der Waals surface area contributed by atoms with E-state index in [0.29, 0.717) is 5.92 Å². The van der Waals surface area contributed by atoms with Crippen LogP contribution in [0.15, 0.2) is 23.1 Å². The molecule has 0 unspecified atom stereocenters. The van der Waals surface area contributed by atoms with Crippen molar-refractivity contribution in [3.8, 4) is 0 Å². The van der Waals surface area contributed by atoms with Crippen LogP contribution in [0.25, 0.3) is 0 Å². The number of hydrogen-bond donors (Lipinski definition) is 0. The van der Waals surface area contributed by atoms with Gasteiger partial charge in [-0.1, -0.05) is 20.8 Å². The fraction of sp³-hybridized carbons (Fsp3) is 0.632. The van der Waals surface area contributed by atoms with Gasteiger partial charge in [-0.2, -0.15) is 5.10 Å². The van der Waals surface area contributed by atoms with E-state index < -0.39 is 0 Å². The zero-order chi connectivity index (χ0) is 17.6. The molecular formula is C19H26N4OS. The van der Waals surface area contributed by atoms with Crippen LogP contribution in [0.2, 0.25) is 0 Å². The van der Waals surface area contributed by atoms with Crippen molar-refractivity contribution >= 4 is 11.3 Å². The van der Waals surface area contributed by atoms with E-state index in [0.717, 1.165) is 37.8 Å². The Labute approximate surface area is 152 Å². The molecule has 2 aromatic heterocycles. The second kappa shape index (κ2) is 6.32. The van der Waals surface area contributed by atoms with Gasteiger partial charge in [0.15, 0.2) is 0 Å². The van der Waals surface area contributed by atoms with E-state index in [-0.39, 0.29) is 11.0 Å². The lowest BCUT2D eigenvalue weighted by atomic mass is 9.92. The van der Waals surface area contributed by atoms with Crippen molar-refractivity contribution in [2.45, 2.75) is 58.0 Å². The molecule has 0 amide bonds. The fourth-order valence-corrected chi connectivity index (χ4v) is 4.41. The molecule has 2 aliphatic rings. The predicted octanol–water partition coefficient (Wildman–Crippen LogP) is 3.01. The molecule has 134 valence electrons. The van der Waals surface area contributed by atoms with E-state index in [9.17, 15) is 4.79 Å². The Bertz CT molecular complexity index is 809. The average Bonchev–Trinajstić information content (AvgIpc) is 3.25. The maximum atomic E-state index is 12.1. The molecule has 2 aromatic rings. The Hall–Kier alpha value is -1.53. The number of thiazole rings is 1. The lowest BCUT2D eigenvalue weighted by molar-refractivity contribution is 0.0773. The number of hydrogen-bond acceptors (Lipinski definition) is 5. The standard InChI is InChI=1S/C19H26N4OS/c1-19(2,3)16-6-7-17(24)23(21-16)11-13-9-22(10-13)12-15-8-20-18(25-15)14-4-5-14/h6-8,13-14H,4-5,9-12H2,1-3H3. The van der Waals surface area contributed by atoms with Crippen molar-refractivity contribution in [3.63, 3.8) is 0 Å². The smallest absolute Gasteiger partial charge is 0.266 e. The molecule has 0 spiro atoms. The van der Waals surface area contributed by atoms with Gasteiger partial charge in [-0.25, -0.2) is 9.67 Å². The van der Waals surface area contributed by atoms with Crippen LogP contribution < -0.4 is 5.56 Å². The van der Waals surface area contributed by atoms with Crippen molar-refractivity contribution in [1.29, 1.82) is 0 Å². The summed E-state index contributed by atoms with van der Waals surface area (Å²) in [5, 5.41) is 5.90. The van der Waals surface area contributed by atoms with Crippen LogP contribution in [0.4, 0.5) is 0 Å². The van der Waals surface area contributed by atoms with Gasteiger partial charge in [-0.3, -0.25) is 9.69 Å². The summed E-state index contributed by atoms with van der Waals surface area (Å²) in [5.74, 6) is 1.26. The van der Waals surface area contributed by atoms with Crippen LogP contribution in [0.1, 0.15) is 55.1 Å². The van der Waals surface area contributed by atoms with Gasteiger partial charge in [-0.05, 0) is 18.9 Å². The van der Waals surface area contributed by atoms with Crippen LogP contribution in [0.5, 0.6) is 0 Å². The zero-order valence-corrected chi connectivity index (χ0v) is 16.1. The van der Waals surface area contributed by atoms with E-state index in [4.69, 9.17) is 0 Å². The number of rotatable bonds is 5. The van der Waals surface area contributed by atoms with Crippen LogP contribution in [0, 0.1) is 5.92 Å². The van der Waals surface area contributed by atoms with Crippen molar-refractivity contribution in [1.82, 2.24) is 19.7 Å². The van der Waals surface area contributed by atoms with Crippen molar-refractivity contribution < 1.29 is 0 Å². The normalized spacial score (nSPS) is 19.2. The van der Waals surface area contributed by atoms with Crippen LogP contribution in [-0.2, 0) is 18.5 Å². The SMILES string of the molecule is CC(C)(C)c1ccc(=O)n(CC2CN(Cc3cnc(C4CC4)s3)C2)n1. The molecule has 0 aromatic carbocycles. The van der Waals surface area contributed by atoms with Crippen molar-refractivity contribution in [2.24, 2.45) is 5.92 Å². The molecule has 5 nitrogen and oxygen atoms in total. The fourth-order valence-electron chi connectivity index (χ4n) is 3.28.